The molecule has 0 saturated heterocycles. The summed E-state index contributed by atoms with van der Waals surface area (Å²) in [6.07, 6.45) is 8.47. The Bertz CT molecular complexity index is 298. The van der Waals surface area contributed by atoms with Gasteiger partial charge >= 0.3 is 0 Å². The number of ether oxygens (including phenoxy) is 1. The predicted molar refractivity (Wildman–Crippen MR) is 65.1 cm³/mol. The van der Waals surface area contributed by atoms with E-state index in [0.717, 1.165) is 17.8 Å². The first kappa shape index (κ1) is 11.5. The Labute approximate surface area is 103 Å². The second kappa shape index (κ2) is 4.26. The summed E-state index contributed by atoms with van der Waals surface area (Å²) in [5.41, 5.74) is 6.01. The Kier molecular flexibility index (Phi) is 2.88. The SMILES string of the molecule is N#CCC(N)COC12CC3CC(CC(C3)C1)C2. The van der Waals surface area contributed by atoms with E-state index in [2.05, 4.69) is 6.07 Å². The van der Waals surface area contributed by atoms with E-state index in [9.17, 15) is 0 Å². The highest BCUT2D eigenvalue weighted by Crippen LogP contribution is 2.57. The molecule has 0 heterocycles. The maximum atomic E-state index is 8.61. The van der Waals surface area contributed by atoms with Crippen molar-refractivity contribution in [2.75, 3.05) is 6.61 Å². The molecule has 0 aromatic heterocycles. The van der Waals surface area contributed by atoms with Gasteiger partial charge in [0.05, 0.1) is 24.7 Å². The molecule has 0 radical (unpaired) electrons. The number of hydrogen-bond acceptors (Lipinski definition) is 3. The molecule has 1 atom stereocenters. The molecule has 4 bridgehead atoms. The van der Waals surface area contributed by atoms with E-state index in [-0.39, 0.29) is 11.6 Å². The van der Waals surface area contributed by atoms with Gasteiger partial charge in [-0.3, -0.25) is 0 Å². The highest BCUT2D eigenvalue weighted by molar-refractivity contribution is 5.03. The van der Waals surface area contributed by atoms with Gasteiger partial charge in [-0.25, -0.2) is 0 Å². The fourth-order valence-electron chi connectivity index (χ4n) is 4.67. The number of hydrogen-bond donors (Lipinski definition) is 1. The van der Waals surface area contributed by atoms with Crippen molar-refractivity contribution >= 4 is 0 Å². The van der Waals surface area contributed by atoms with Crippen LogP contribution >= 0.6 is 0 Å². The molecule has 1 unspecified atom stereocenters. The summed E-state index contributed by atoms with van der Waals surface area (Å²) in [5, 5.41) is 8.61. The molecule has 4 saturated carbocycles. The van der Waals surface area contributed by atoms with E-state index in [4.69, 9.17) is 15.7 Å². The van der Waals surface area contributed by atoms with E-state index < -0.39 is 0 Å². The third-order valence-corrected chi connectivity index (χ3v) is 4.94. The van der Waals surface area contributed by atoms with Crippen LogP contribution in [0.15, 0.2) is 0 Å². The van der Waals surface area contributed by atoms with Crippen LogP contribution in [0.25, 0.3) is 0 Å². The topological polar surface area (TPSA) is 59.0 Å². The summed E-state index contributed by atoms with van der Waals surface area (Å²) in [4.78, 5) is 0. The first-order valence-electron chi connectivity index (χ1n) is 6.95. The van der Waals surface area contributed by atoms with Crippen LogP contribution in [-0.2, 0) is 4.74 Å². The average molecular weight is 234 g/mol. The van der Waals surface area contributed by atoms with Crippen LogP contribution in [0.2, 0.25) is 0 Å². The lowest BCUT2D eigenvalue weighted by Gasteiger charge is -2.56. The summed E-state index contributed by atoms with van der Waals surface area (Å²) >= 11 is 0. The second-order valence-electron chi connectivity index (χ2n) is 6.53. The molecule has 2 N–H and O–H groups in total. The molecule has 4 aliphatic rings. The number of nitrogens with zero attached hydrogens (tertiary/aromatic N) is 1. The largest absolute Gasteiger partial charge is 0.373 e. The molecule has 4 fully saturated rings. The molecular formula is C14H22N2O. The molecule has 0 aromatic rings. The zero-order valence-electron chi connectivity index (χ0n) is 10.4. The minimum absolute atomic E-state index is 0.104. The first-order valence-corrected chi connectivity index (χ1v) is 6.95. The van der Waals surface area contributed by atoms with Crippen LogP contribution in [0.4, 0.5) is 0 Å². The Morgan fingerprint density at radius 2 is 1.71 bits per heavy atom. The van der Waals surface area contributed by atoms with Gasteiger partial charge in [-0.2, -0.15) is 5.26 Å². The number of nitrogens with two attached hydrogens (primary N) is 1. The molecule has 3 nitrogen and oxygen atoms in total. The molecule has 0 aliphatic heterocycles. The minimum Gasteiger partial charge on any atom is -0.373 e. The molecule has 4 rings (SSSR count). The van der Waals surface area contributed by atoms with Gasteiger partial charge in [0, 0.05) is 6.04 Å². The van der Waals surface area contributed by atoms with E-state index in [1.165, 1.54) is 38.5 Å². The third-order valence-electron chi connectivity index (χ3n) is 4.94. The molecule has 0 spiro atoms. The van der Waals surface area contributed by atoms with Crippen LogP contribution in [0.1, 0.15) is 44.9 Å². The van der Waals surface area contributed by atoms with Gasteiger partial charge in [0.2, 0.25) is 0 Å². The minimum atomic E-state index is -0.104. The quantitative estimate of drug-likeness (QED) is 0.811. The molecular weight excluding hydrogens is 212 g/mol. The van der Waals surface area contributed by atoms with E-state index in [1.54, 1.807) is 0 Å². The smallest absolute Gasteiger partial charge is 0.0691 e. The number of nitriles is 1. The maximum Gasteiger partial charge on any atom is 0.0691 e. The van der Waals surface area contributed by atoms with E-state index in [0.29, 0.717) is 13.0 Å². The van der Waals surface area contributed by atoms with Gasteiger partial charge in [-0.1, -0.05) is 0 Å². The monoisotopic (exact) mass is 234 g/mol. The fourth-order valence-corrected chi connectivity index (χ4v) is 4.67. The van der Waals surface area contributed by atoms with Crippen LogP contribution in [0.3, 0.4) is 0 Å². The standard InChI is InChI=1S/C14H22N2O/c15-2-1-13(16)9-17-14-6-10-3-11(7-14)5-12(4-10)8-14/h10-13H,1,3-9,16H2. The Balaban J connectivity index is 1.61. The van der Waals surface area contributed by atoms with Gasteiger partial charge in [0.25, 0.3) is 0 Å². The van der Waals surface area contributed by atoms with Crippen molar-refractivity contribution in [1.82, 2.24) is 0 Å². The van der Waals surface area contributed by atoms with Crippen molar-refractivity contribution in [3.8, 4) is 6.07 Å². The van der Waals surface area contributed by atoms with Crippen molar-refractivity contribution in [1.29, 1.82) is 5.26 Å². The number of rotatable bonds is 4. The van der Waals surface area contributed by atoms with Crippen molar-refractivity contribution < 1.29 is 4.74 Å². The second-order valence-corrected chi connectivity index (χ2v) is 6.53. The Hall–Kier alpha value is -0.590. The highest BCUT2D eigenvalue weighted by Gasteiger charge is 2.51. The zero-order chi connectivity index (χ0) is 11.9. The highest BCUT2D eigenvalue weighted by atomic mass is 16.5. The molecule has 94 valence electrons. The summed E-state index contributed by atoms with van der Waals surface area (Å²) in [5.74, 6) is 2.73. The molecule has 4 aliphatic carbocycles. The summed E-state index contributed by atoms with van der Waals surface area (Å²) in [6, 6.07) is 2.02. The maximum absolute atomic E-state index is 8.61. The van der Waals surface area contributed by atoms with Crippen LogP contribution < -0.4 is 5.73 Å². The molecule has 0 amide bonds. The van der Waals surface area contributed by atoms with E-state index >= 15 is 0 Å². The lowest BCUT2D eigenvalue weighted by Crippen LogP contribution is -2.53. The van der Waals surface area contributed by atoms with Crippen molar-refractivity contribution in [2.45, 2.75) is 56.6 Å². The summed E-state index contributed by atoms with van der Waals surface area (Å²) in [6.45, 7) is 0.569. The first-order chi connectivity index (χ1) is 8.19. The summed E-state index contributed by atoms with van der Waals surface area (Å²) < 4.78 is 6.18. The van der Waals surface area contributed by atoms with Crippen molar-refractivity contribution in [3.63, 3.8) is 0 Å². The van der Waals surface area contributed by atoms with Gasteiger partial charge in [-0.15, -0.1) is 0 Å². The Morgan fingerprint density at radius 3 is 2.18 bits per heavy atom. The zero-order valence-corrected chi connectivity index (χ0v) is 10.4. The lowest BCUT2D eigenvalue weighted by molar-refractivity contribution is -0.164. The molecule has 3 heteroatoms. The Morgan fingerprint density at radius 1 is 1.18 bits per heavy atom. The molecule has 0 aromatic carbocycles. The van der Waals surface area contributed by atoms with Crippen molar-refractivity contribution in [3.05, 3.63) is 0 Å². The van der Waals surface area contributed by atoms with Crippen molar-refractivity contribution in [2.24, 2.45) is 23.5 Å². The van der Waals surface area contributed by atoms with Crippen LogP contribution in [-0.4, -0.2) is 18.2 Å². The summed E-state index contributed by atoms with van der Waals surface area (Å²) in [7, 11) is 0. The fraction of sp³-hybridized carbons (Fsp3) is 0.929. The van der Waals surface area contributed by atoms with Gasteiger partial charge < -0.3 is 10.5 Å². The van der Waals surface area contributed by atoms with Gasteiger partial charge in [0.1, 0.15) is 0 Å². The molecule has 17 heavy (non-hydrogen) atoms. The van der Waals surface area contributed by atoms with Gasteiger partial charge in [0.15, 0.2) is 0 Å². The van der Waals surface area contributed by atoms with Crippen LogP contribution in [0, 0.1) is 29.1 Å². The van der Waals surface area contributed by atoms with E-state index in [1.807, 2.05) is 0 Å². The lowest BCUT2D eigenvalue weighted by atomic mass is 9.54. The predicted octanol–water partition coefficient (Wildman–Crippen LogP) is 2.21. The van der Waals surface area contributed by atoms with Crippen LogP contribution in [0.5, 0.6) is 0 Å². The average Bonchev–Trinajstić information content (AvgIpc) is 2.25. The van der Waals surface area contributed by atoms with Gasteiger partial charge in [-0.05, 0) is 56.3 Å². The third kappa shape index (κ3) is 2.21. The normalized spacial score (nSPS) is 44.6.